The van der Waals surface area contributed by atoms with Crippen LogP contribution in [0, 0.1) is 0 Å². The number of rotatable bonds is 5. The van der Waals surface area contributed by atoms with Crippen LogP contribution in [-0.4, -0.2) is 11.9 Å². The molecule has 100 valence electrons. The van der Waals surface area contributed by atoms with Gasteiger partial charge in [-0.1, -0.05) is 19.1 Å². The predicted molar refractivity (Wildman–Crippen MR) is 84.9 cm³/mol. The lowest BCUT2D eigenvalue weighted by Crippen LogP contribution is -2.22. The lowest BCUT2D eigenvalue weighted by atomic mass is 10.2. The number of carbonyl (C=O) groups excluding carboxylic acids is 1. The smallest absolute Gasteiger partial charge is 0.224 e. The second kappa shape index (κ2) is 8.73. The number of carbonyl (C=O) groups is 1. The minimum atomic E-state index is 0. The molecule has 6 heteroatoms. The number of aliphatic imine (C=N–C) groups is 1. The van der Waals surface area contributed by atoms with E-state index in [1.54, 1.807) is 0 Å². The zero-order valence-corrected chi connectivity index (χ0v) is 12.7. The van der Waals surface area contributed by atoms with Gasteiger partial charge in [0.25, 0.3) is 0 Å². The number of halogens is 1. The van der Waals surface area contributed by atoms with Crippen LogP contribution in [0.3, 0.4) is 0 Å². The van der Waals surface area contributed by atoms with Gasteiger partial charge in [-0.2, -0.15) is 0 Å². The van der Waals surface area contributed by atoms with E-state index in [-0.39, 0.29) is 35.8 Å². The fraction of sp³-hybridized carbons (Fsp3) is 0.333. The molecule has 0 aliphatic carbocycles. The maximum Gasteiger partial charge on any atom is 0.224 e. The average Bonchev–Trinajstić information content (AvgIpc) is 2.27. The molecule has 0 unspecified atom stereocenters. The normalized spacial score (nSPS) is 9.17. The van der Waals surface area contributed by atoms with Crippen LogP contribution in [0.15, 0.2) is 29.3 Å². The summed E-state index contributed by atoms with van der Waals surface area (Å²) in [6, 6.07) is 7.47. The van der Waals surface area contributed by atoms with Crippen LogP contribution >= 0.6 is 24.0 Å². The maximum absolute atomic E-state index is 11.4. The van der Waals surface area contributed by atoms with Gasteiger partial charge in [0.2, 0.25) is 5.91 Å². The highest BCUT2D eigenvalue weighted by atomic mass is 127. The Morgan fingerprint density at radius 3 is 2.72 bits per heavy atom. The van der Waals surface area contributed by atoms with Crippen molar-refractivity contribution >= 4 is 41.5 Å². The number of hydrogen-bond acceptors (Lipinski definition) is 2. The number of amides is 1. The third-order valence-corrected chi connectivity index (χ3v) is 2.13. The van der Waals surface area contributed by atoms with Crippen molar-refractivity contribution in [1.29, 1.82) is 0 Å². The van der Waals surface area contributed by atoms with E-state index in [4.69, 9.17) is 11.5 Å². The van der Waals surface area contributed by atoms with Crippen LogP contribution in [0.25, 0.3) is 0 Å². The SMILES string of the molecule is CCCC(=O)Nc1cccc(CN=C(N)N)c1.I. The van der Waals surface area contributed by atoms with E-state index in [0.717, 1.165) is 17.7 Å². The first-order chi connectivity index (χ1) is 8.11. The Morgan fingerprint density at radius 2 is 2.11 bits per heavy atom. The molecule has 5 nitrogen and oxygen atoms in total. The summed E-state index contributed by atoms with van der Waals surface area (Å²) in [6.45, 7) is 2.38. The molecule has 1 rings (SSSR count). The molecule has 1 aromatic rings. The monoisotopic (exact) mass is 362 g/mol. The molecule has 0 saturated heterocycles. The van der Waals surface area contributed by atoms with Gasteiger partial charge in [-0.05, 0) is 24.1 Å². The van der Waals surface area contributed by atoms with Crippen LogP contribution < -0.4 is 16.8 Å². The second-order valence-electron chi connectivity index (χ2n) is 3.74. The summed E-state index contributed by atoms with van der Waals surface area (Å²) in [5.41, 5.74) is 12.2. The number of nitrogens with two attached hydrogens (primary N) is 2. The van der Waals surface area contributed by atoms with Crippen molar-refractivity contribution in [2.45, 2.75) is 26.3 Å². The number of benzene rings is 1. The largest absolute Gasteiger partial charge is 0.370 e. The molecular formula is C12H19IN4O. The molecule has 5 N–H and O–H groups in total. The topological polar surface area (TPSA) is 93.5 Å². The molecule has 0 saturated carbocycles. The third-order valence-electron chi connectivity index (χ3n) is 2.13. The van der Waals surface area contributed by atoms with Crippen molar-refractivity contribution in [3.05, 3.63) is 29.8 Å². The van der Waals surface area contributed by atoms with Crippen molar-refractivity contribution in [3.63, 3.8) is 0 Å². The van der Waals surface area contributed by atoms with Gasteiger partial charge >= 0.3 is 0 Å². The van der Waals surface area contributed by atoms with Crippen molar-refractivity contribution in [2.75, 3.05) is 5.32 Å². The molecule has 18 heavy (non-hydrogen) atoms. The number of guanidine groups is 1. The molecule has 0 atom stereocenters. The van der Waals surface area contributed by atoms with Gasteiger partial charge in [0.1, 0.15) is 0 Å². The second-order valence-corrected chi connectivity index (χ2v) is 3.74. The zero-order valence-electron chi connectivity index (χ0n) is 10.3. The van der Waals surface area contributed by atoms with Crippen molar-refractivity contribution in [2.24, 2.45) is 16.5 Å². The summed E-state index contributed by atoms with van der Waals surface area (Å²) >= 11 is 0. The highest BCUT2D eigenvalue weighted by Gasteiger charge is 2.01. The van der Waals surface area contributed by atoms with Gasteiger partial charge in [-0.15, -0.1) is 24.0 Å². The van der Waals surface area contributed by atoms with Crippen molar-refractivity contribution in [1.82, 2.24) is 0 Å². The first kappa shape index (κ1) is 16.7. The number of nitrogens with zero attached hydrogens (tertiary/aromatic N) is 1. The van der Waals surface area contributed by atoms with Gasteiger partial charge in [-0.3, -0.25) is 4.79 Å². The first-order valence-electron chi connectivity index (χ1n) is 5.56. The van der Waals surface area contributed by atoms with Gasteiger partial charge in [0.05, 0.1) is 6.54 Å². The Bertz CT molecular complexity index is 416. The number of anilines is 1. The van der Waals surface area contributed by atoms with Crippen molar-refractivity contribution in [3.8, 4) is 0 Å². The predicted octanol–water partition coefficient (Wildman–Crippen LogP) is 1.82. The molecule has 0 aromatic heterocycles. The molecule has 0 aliphatic rings. The molecule has 1 aromatic carbocycles. The van der Waals surface area contributed by atoms with E-state index >= 15 is 0 Å². The minimum absolute atomic E-state index is 0. The van der Waals surface area contributed by atoms with Crippen LogP contribution in [0.1, 0.15) is 25.3 Å². The van der Waals surface area contributed by atoms with E-state index < -0.39 is 0 Å². The molecule has 0 aliphatic heterocycles. The van der Waals surface area contributed by atoms with E-state index in [1.165, 1.54) is 0 Å². The molecule has 0 radical (unpaired) electrons. The Balaban J connectivity index is 0.00000289. The summed E-state index contributed by atoms with van der Waals surface area (Å²) in [5.74, 6) is 0.0805. The highest BCUT2D eigenvalue weighted by Crippen LogP contribution is 2.12. The molecule has 0 fully saturated rings. The van der Waals surface area contributed by atoms with Crippen LogP contribution in [0.2, 0.25) is 0 Å². The van der Waals surface area contributed by atoms with Gasteiger partial charge in [0, 0.05) is 12.1 Å². The molecule has 0 heterocycles. The van der Waals surface area contributed by atoms with E-state index in [9.17, 15) is 4.79 Å². The Kier molecular flexibility index (Phi) is 8.10. The average molecular weight is 362 g/mol. The van der Waals surface area contributed by atoms with Crippen LogP contribution in [0.5, 0.6) is 0 Å². The molecule has 1 amide bonds. The third kappa shape index (κ3) is 6.43. The van der Waals surface area contributed by atoms with E-state index in [1.807, 2.05) is 31.2 Å². The van der Waals surface area contributed by atoms with Gasteiger partial charge in [0.15, 0.2) is 5.96 Å². The zero-order chi connectivity index (χ0) is 12.7. The fourth-order valence-electron chi connectivity index (χ4n) is 1.38. The minimum Gasteiger partial charge on any atom is -0.370 e. The summed E-state index contributed by atoms with van der Waals surface area (Å²) in [7, 11) is 0. The van der Waals surface area contributed by atoms with Gasteiger partial charge in [-0.25, -0.2) is 4.99 Å². The molecule has 0 spiro atoms. The standard InChI is InChI=1S/C12H18N4O.HI/c1-2-4-11(17)16-10-6-3-5-9(7-10)8-15-12(13)14;/h3,5-7H,2,4,8H2,1H3,(H,16,17)(H4,13,14,15);1H. The quantitative estimate of drug-likeness (QED) is 0.424. The van der Waals surface area contributed by atoms with E-state index in [2.05, 4.69) is 10.3 Å². The lowest BCUT2D eigenvalue weighted by molar-refractivity contribution is -0.116. The van der Waals surface area contributed by atoms with Gasteiger partial charge < -0.3 is 16.8 Å². The van der Waals surface area contributed by atoms with Crippen LogP contribution in [-0.2, 0) is 11.3 Å². The number of hydrogen-bond donors (Lipinski definition) is 3. The van der Waals surface area contributed by atoms with E-state index in [0.29, 0.717) is 13.0 Å². The Hall–Kier alpha value is -1.31. The Morgan fingerprint density at radius 1 is 1.39 bits per heavy atom. The summed E-state index contributed by atoms with van der Waals surface area (Å²) < 4.78 is 0. The molecular weight excluding hydrogens is 343 g/mol. The molecule has 0 bridgehead atoms. The number of nitrogens with one attached hydrogen (secondary N) is 1. The summed E-state index contributed by atoms with van der Waals surface area (Å²) in [6.07, 6.45) is 1.36. The summed E-state index contributed by atoms with van der Waals surface area (Å²) in [4.78, 5) is 15.3. The lowest BCUT2D eigenvalue weighted by Gasteiger charge is -2.05. The Labute approximate surface area is 124 Å². The maximum atomic E-state index is 11.4. The summed E-state index contributed by atoms with van der Waals surface area (Å²) in [5, 5.41) is 2.82. The first-order valence-corrected chi connectivity index (χ1v) is 5.56. The fourth-order valence-corrected chi connectivity index (χ4v) is 1.38. The van der Waals surface area contributed by atoms with Crippen LogP contribution in [0.4, 0.5) is 5.69 Å². The van der Waals surface area contributed by atoms with Crippen molar-refractivity contribution < 1.29 is 4.79 Å². The highest BCUT2D eigenvalue weighted by molar-refractivity contribution is 14.0.